The van der Waals surface area contributed by atoms with Gasteiger partial charge in [0.1, 0.15) is 11.9 Å². The van der Waals surface area contributed by atoms with Crippen molar-refractivity contribution in [2.45, 2.75) is 44.6 Å². The second-order valence-electron chi connectivity index (χ2n) is 5.12. The standard InChI is InChI=1S/C17H22O3/c1-2-14-8-10-15(11-9-14)19-13-12-17(18)20-16-6-4-3-5-7-16/h2,8-11,16H,1,3-7,12-13H2. The zero-order chi connectivity index (χ0) is 14.2. The summed E-state index contributed by atoms with van der Waals surface area (Å²) >= 11 is 0. The molecule has 3 nitrogen and oxygen atoms in total. The highest BCUT2D eigenvalue weighted by Gasteiger charge is 2.17. The fraction of sp³-hybridized carbons (Fsp3) is 0.471. The van der Waals surface area contributed by atoms with Crippen LogP contribution in [0.3, 0.4) is 0 Å². The Morgan fingerprint density at radius 1 is 1.20 bits per heavy atom. The first-order valence-electron chi connectivity index (χ1n) is 7.33. The van der Waals surface area contributed by atoms with Gasteiger partial charge in [-0.3, -0.25) is 4.79 Å². The van der Waals surface area contributed by atoms with Crippen LogP contribution in [0.25, 0.3) is 6.08 Å². The first kappa shape index (κ1) is 14.6. The number of hydrogen-bond donors (Lipinski definition) is 0. The van der Waals surface area contributed by atoms with E-state index in [2.05, 4.69) is 6.58 Å². The molecular formula is C17H22O3. The quantitative estimate of drug-likeness (QED) is 0.736. The van der Waals surface area contributed by atoms with Crippen LogP contribution in [0.2, 0.25) is 0 Å². The second kappa shape index (κ2) is 7.73. The van der Waals surface area contributed by atoms with E-state index in [4.69, 9.17) is 9.47 Å². The summed E-state index contributed by atoms with van der Waals surface area (Å²) in [6.07, 6.45) is 7.84. The summed E-state index contributed by atoms with van der Waals surface area (Å²) in [6.45, 7) is 4.06. The molecule has 0 amide bonds. The van der Waals surface area contributed by atoms with E-state index in [0.717, 1.165) is 24.2 Å². The predicted octanol–water partition coefficient (Wildman–Crippen LogP) is 3.97. The molecule has 0 atom stereocenters. The molecule has 2 rings (SSSR count). The first-order chi connectivity index (χ1) is 9.78. The van der Waals surface area contributed by atoms with Crippen molar-refractivity contribution < 1.29 is 14.3 Å². The summed E-state index contributed by atoms with van der Waals surface area (Å²) in [5.41, 5.74) is 1.05. The molecule has 0 saturated heterocycles. The SMILES string of the molecule is C=Cc1ccc(OCCC(=O)OC2CCCCC2)cc1. The molecule has 0 aliphatic heterocycles. The van der Waals surface area contributed by atoms with Gasteiger partial charge in [0.2, 0.25) is 0 Å². The van der Waals surface area contributed by atoms with Crippen LogP contribution in [-0.2, 0) is 9.53 Å². The minimum atomic E-state index is -0.153. The first-order valence-corrected chi connectivity index (χ1v) is 7.33. The molecule has 1 aliphatic rings. The monoisotopic (exact) mass is 274 g/mol. The van der Waals surface area contributed by atoms with Crippen molar-refractivity contribution in [3.63, 3.8) is 0 Å². The predicted molar refractivity (Wildman–Crippen MR) is 79.6 cm³/mol. The van der Waals surface area contributed by atoms with E-state index in [9.17, 15) is 4.79 Å². The smallest absolute Gasteiger partial charge is 0.309 e. The Kier molecular flexibility index (Phi) is 5.66. The van der Waals surface area contributed by atoms with Crippen molar-refractivity contribution in [3.05, 3.63) is 36.4 Å². The lowest BCUT2D eigenvalue weighted by Gasteiger charge is -2.21. The Morgan fingerprint density at radius 3 is 2.55 bits per heavy atom. The highest BCUT2D eigenvalue weighted by molar-refractivity contribution is 5.69. The van der Waals surface area contributed by atoms with Gasteiger partial charge in [-0.05, 0) is 43.4 Å². The maximum atomic E-state index is 11.7. The van der Waals surface area contributed by atoms with Crippen molar-refractivity contribution in [1.82, 2.24) is 0 Å². The van der Waals surface area contributed by atoms with Gasteiger partial charge in [0.25, 0.3) is 0 Å². The lowest BCUT2D eigenvalue weighted by Crippen LogP contribution is -2.21. The van der Waals surface area contributed by atoms with Crippen LogP contribution in [0.1, 0.15) is 44.1 Å². The van der Waals surface area contributed by atoms with Crippen molar-refractivity contribution in [3.8, 4) is 5.75 Å². The Bertz CT molecular complexity index is 430. The minimum Gasteiger partial charge on any atom is -0.493 e. The maximum Gasteiger partial charge on any atom is 0.309 e. The lowest BCUT2D eigenvalue weighted by molar-refractivity contribution is -0.151. The van der Waals surface area contributed by atoms with Gasteiger partial charge in [-0.1, -0.05) is 31.2 Å². The molecule has 0 aromatic heterocycles. The van der Waals surface area contributed by atoms with E-state index < -0.39 is 0 Å². The van der Waals surface area contributed by atoms with Gasteiger partial charge in [0.15, 0.2) is 0 Å². The normalized spacial score (nSPS) is 15.6. The van der Waals surface area contributed by atoms with Gasteiger partial charge in [-0.25, -0.2) is 0 Å². The Morgan fingerprint density at radius 2 is 1.90 bits per heavy atom. The zero-order valence-electron chi connectivity index (χ0n) is 11.8. The summed E-state index contributed by atoms with van der Waals surface area (Å²) in [5.74, 6) is 0.612. The highest BCUT2D eigenvalue weighted by atomic mass is 16.5. The second-order valence-corrected chi connectivity index (χ2v) is 5.12. The fourth-order valence-electron chi connectivity index (χ4n) is 2.38. The summed E-state index contributed by atoms with van der Waals surface area (Å²) in [7, 11) is 0. The van der Waals surface area contributed by atoms with Crippen LogP contribution < -0.4 is 4.74 Å². The largest absolute Gasteiger partial charge is 0.493 e. The molecule has 0 bridgehead atoms. The van der Waals surface area contributed by atoms with Crippen molar-refractivity contribution in [2.24, 2.45) is 0 Å². The van der Waals surface area contributed by atoms with Gasteiger partial charge in [-0.2, -0.15) is 0 Å². The lowest BCUT2D eigenvalue weighted by atomic mass is 9.98. The van der Waals surface area contributed by atoms with Crippen LogP contribution in [0.5, 0.6) is 5.75 Å². The van der Waals surface area contributed by atoms with Gasteiger partial charge >= 0.3 is 5.97 Å². The Labute approximate surface area is 120 Å². The van der Waals surface area contributed by atoms with Crippen LogP contribution in [-0.4, -0.2) is 18.7 Å². The van der Waals surface area contributed by atoms with E-state index in [-0.39, 0.29) is 12.1 Å². The molecule has 0 unspecified atom stereocenters. The molecule has 3 heteroatoms. The van der Waals surface area contributed by atoms with Crippen LogP contribution in [0.15, 0.2) is 30.8 Å². The number of hydrogen-bond acceptors (Lipinski definition) is 3. The van der Waals surface area contributed by atoms with Gasteiger partial charge < -0.3 is 9.47 Å². The highest BCUT2D eigenvalue weighted by Crippen LogP contribution is 2.20. The average Bonchev–Trinajstić information content (AvgIpc) is 2.49. The number of rotatable bonds is 6. The summed E-state index contributed by atoms with van der Waals surface area (Å²) in [6, 6.07) is 7.62. The molecule has 0 heterocycles. The molecule has 0 spiro atoms. The third kappa shape index (κ3) is 4.72. The number of ether oxygens (including phenoxy) is 2. The fourth-order valence-corrected chi connectivity index (χ4v) is 2.38. The third-order valence-electron chi connectivity index (χ3n) is 3.54. The molecule has 0 radical (unpaired) electrons. The molecule has 1 aromatic rings. The van der Waals surface area contributed by atoms with Gasteiger partial charge in [0.05, 0.1) is 13.0 Å². The van der Waals surface area contributed by atoms with E-state index in [1.165, 1.54) is 19.3 Å². The van der Waals surface area contributed by atoms with E-state index >= 15 is 0 Å². The van der Waals surface area contributed by atoms with Crippen LogP contribution in [0, 0.1) is 0 Å². The van der Waals surface area contributed by atoms with Crippen LogP contribution in [0.4, 0.5) is 0 Å². The van der Waals surface area contributed by atoms with Crippen molar-refractivity contribution in [1.29, 1.82) is 0 Å². The average molecular weight is 274 g/mol. The Balaban J connectivity index is 1.66. The van der Waals surface area contributed by atoms with E-state index in [1.54, 1.807) is 6.08 Å². The molecule has 1 fully saturated rings. The van der Waals surface area contributed by atoms with E-state index in [0.29, 0.717) is 13.0 Å². The maximum absolute atomic E-state index is 11.7. The molecule has 0 N–H and O–H groups in total. The molecule has 20 heavy (non-hydrogen) atoms. The molecule has 1 saturated carbocycles. The van der Waals surface area contributed by atoms with Crippen molar-refractivity contribution in [2.75, 3.05) is 6.61 Å². The molecule has 1 aromatic carbocycles. The minimum absolute atomic E-state index is 0.128. The number of carbonyl (C=O) groups is 1. The summed E-state index contributed by atoms with van der Waals surface area (Å²) in [4.78, 5) is 11.7. The third-order valence-corrected chi connectivity index (χ3v) is 3.54. The molecular weight excluding hydrogens is 252 g/mol. The number of esters is 1. The molecule has 108 valence electrons. The number of benzene rings is 1. The van der Waals surface area contributed by atoms with Crippen molar-refractivity contribution >= 4 is 12.0 Å². The Hall–Kier alpha value is -1.77. The van der Waals surface area contributed by atoms with Gasteiger partial charge in [-0.15, -0.1) is 0 Å². The summed E-state index contributed by atoms with van der Waals surface area (Å²) < 4.78 is 11.0. The van der Waals surface area contributed by atoms with E-state index in [1.807, 2.05) is 24.3 Å². The zero-order valence-corrected chi connectivity index (χ0v) is 11.8. The van der Waals surface area contributed by atoms with Crippen LogP contribution >= 0.6 is 0 Å². The van der Waals surface area contributed by atoms with Gasteiger partial charge in [0, 0.05) is 0 Å². The summed E-state index contributed by atoms with van der Waals surface area (Å²) in [5, 5.41) is 0. The molecule has 1 aliphatic carbocycles. The topological polar surface area (TPSA) is 35.5 Å². The number of carbonyl (C=O) groups excluding carboxylic acids is 1.